The fraction of sp³-hybridized carbons (Fsp3) is 0.786. The maximum Gasteiger partial charge on any atom is 0.210 e. The van der Waals surface area contributed by atoms with Gasteiger partial charge in [0.1, 0.15) is 5.75 Å². The molecule has 7 aliphatic rings. The van der Waals surface area contributed by atoms with Gasteiger partial charge in [0.05, 0.1) is 6.10 Å². The number of hydrogen-bond acceptors (Lipinski definition) is 5. The van der Waals surface area contributed by atoms with Gasteiger partial charge < -0.3 is 15.2 Å². The first-order valence-electron chi connectivity index (χ1n) is 13.7. The van der Waals surface area contributed by atoms with E-state index in [1.54, 1.807) is 0 Å². The lowest BCUT2D eigenvalue weighted by Gasteiger charge is -2.57. The Morgan fingerprint density at radius 3 is 2.21 bits per heavy atom. The number of rotatable bonds is 3. The third-order valence-electron chi connectivity index (χ3n) is 9.99. The van der Waals surface area contributed by atoms with Crippen LogP contribution in [0.2, 0.25) is 0 Å². The summed E-state index contributed by atoms with van der Waals surface area (Å²) in [5.74, 6) is 3.24. The molecule has 7 fully saturated rings. The Morgan fingerprint density at radius 2 is 1.52 bits per heavy atom. The molecule has 1 unspecified atom stereocenters. The molecule has 1 aromatic carbocycles. The first-order chi connectivity index (χ1) is 16.1. The Hall–Kier alpha value is -1.14. The predicted molar refractivity (Wildman–Crippen MR) is 124 cm³/mol. The van der Waals surface area contributed by atoms with Crippen molar-refractivity contribution in [3.63, 3.8) is 0 Å². The predicted octanol–water partition coefficient (Wildman–Crippen LogP) is 5.82. The van der Waals surface area contributed by atoms with Crippen LogP contribution in [0.15, 0.2) is 24.3 Å². The van der Waals surface area contributed by atoms with E-state index in [-0.39, 0.29) is 0 Å². The van der Waals surface area contributed by atoms with Crippen LogP contribution in [0.4, 0.5) is 0 Å². The van der Waals surface area contributed by atoms with Crippen LogP contribution >= 0.6 is 0 Å². The van der Waals surface area contributed by atoms with Crippen molar-refractivity contribution >= 4 is 0 Å². The minimum Gasteiger partial charge on any atom is -0.490 e. The summed E-state index contributed by atoms with van der Waals surface area (Å²) in [5, 5.41) is 0. The van der Waals surface area contributed by atoms with E-state index < -0.39 is 11.6 Å². The van der Waals surface area contributed by atoms with Gasteiger partial charge in [-0.05, 0) is 106 Å². The highest BCUT2D eigenvalue weighted by atomic mass is 17.3. The van der Waals surface area contributed by atoms with E-state index in [0.717, 1.165) is 62.5 Å². The van der Waals surface area contributed by atoms with E-state index in [0.29, 0.717) is 29.9 Å². The van der Waals surface area contributed by atoms with Crippen molar-refractivity contribution in [2.45, 2.75) is 113 Å². The van der Waals surface area contributed by atoms with Crippen molar-refractivity contribution in [2.24, 2.45) is 29.4 Å². The van der Waals surface area contributed by atoms with Gasteiger partial charge in [0.2, 0.25) is 11.6 Å². The quantitative estimate of drug-likeness (QED) is 0.584. The summed E-state index contributed by atoms with van der Waals surface area (Å²) >= 11 is 0. The zero-order valence-corrected chi connectivity index (χ0v) is 19.8. The molecule has 2 N–H and O–H groups in total. The Kier molecular flexibility index (Phi) is 5.09. The molecular weight excluding hydrogens is 414 g/mol. The average molecular weight is 454 g/mol. The Labute approximate surface area is 197 Å². The largest absolute Gasteiger partial charge is 0.490 e. The number of hydrogen-bond donors (Lipinski definition) is 1. The summed E-state index contributed by atoms with van der Waals surface area (Å²) in [5.41, 5.74) is 7.40. The minimum absolute atomic E-state index is 0.309. The Morgan fingerprint density at radius 1 is 0.818 bits per heavy atom. The van der Waals surface area contributed by atoms with Crippen molar-refractivity contribution < 1.29 is 19.2 Å². The molecule has 8 rings (SSSR count). The molecule has 2 spiro atoms. The van der Waals surface area contributed by atoms with E-state index in [1.807, 2.05) is 0 Å². The second-order valence-corrected chi connectivity index (χ2v) is 12.2. The highest BCUT2D eigenvalue weighted by molar-refractivity contribution is 5.30. The second kappa shape index (κ2) is 7.94. The summed E-state index contributed by atoms with van der Waals surface area (Å²) in [4.78, 5) is 12.4. The fourth-order valence-electron chi connectivity index (χ4n) is 8.48. The smallest absolute Gasteiger partial charge is 0.210 e. The zero-order valence-electron chi connectivity index (χ0n) is 19.8. The van der Waals surface area contributed by atoms with Crippen LogP contribution in [0, 0.1) is 23.7 Å². The lowest BCUT2D eigenvalue weighted by molar-refractivity contribution is -0.390. The molecule has 0 radical (unpaired) electrons. The molecular formula is C28H39NO4. The van der Waals surface area contributed by atoms with E-state index in [1.165, 1.54) is 44.1 Å². The van der Waals surface area contributed by atoms with Gasteiger partial charge in [-0.3, -0.25) is 0 Å². The van der Waals surface area contributed by atoms with Crippen LogP contribution < -0.4 is 10.5 Å². The molecule has 1 aliphatic heterocycles. The summed E-state index contributed by atoms with van der Waals surface area (Å²) in [6.07, 6.45) is 15.2. The van der Waals surface area contributed by atoms with Gasteiger partial charge in [-0.1, -0.05) is 12.1 Å². The maximum atomic E-state index is 6.96. The van der Waals surface area contributed by atoms with Crippen LogP contribution in [0.1, 0.15) is 95.0 Å². The third kappa shape index (κ3) is 3.65. The summed E-state index contributed by atoms with van der Waals surface area (Å²) in [7, 11) is 0. The molecule has 0 aromatic heterocycles. The summed E-state index contributed by atoms with van der Waals surface area (Å²) < 4.78 is 13.2. The maximum absolute atomic E-state index is 6.96. The normalized spacial score (nSPS) is 48.6. The molecule has 0 amide bonds. The molecule has 6 saturated carbocycles. The lowest BCUT2D eigenvalue weighted by atomic mass is 9.53. The van der Waals surface area contributed by atoms with Crippen LogP contribution in [0.25, 0.3) is 0 Å². The van der Waals surface area contributed by atoms with E-state index >= 15 is 0 Å². The topological polar surface area (TPSA) is 62.9 Å². The van der Waals surface area contributed by atoms with Crippen LogP contribution in [0.5, 0.6) is 5.75 Å². The van der Waals surface area contributed by atoms with Crippen molar-refractivity contribution in [3.8, 4) is 5.75 Å². The number of benzene rings is 1. The summed E-state index contributed by atoms with van der Waals surface area (Å²) in [6, 6.07) is 9.16. The van der Waals surface area contributed by atoms with E-state index in [4.69, 9.17) is 25.0 Å². The van der Waals surface area contributed by atoms with Gasteiger partial charge in [-0.25, -0.2) is 0 Å². The number of nitrogens with two attached hydrogens (primary N) is 1. The van der Waals surface area contributed by atoms with Gasteiger partial charge in [0, 0.05) is 30.7 Å². The molecule has 1 saturated heterocycles. The average Bonchev–Trinajstić information content (AvgIpc) is 3.18. The van der Waals surface area contributed by atoms with Gasteiger partial charge in [0.25, 0.3) is 0 Å². The first kappa shape index (κ1) is 21.2. The van der Waals surface area contributed by atoms with Crippen LogP contribution in [-0.4, -0.2) is 23.7 Å². The molecule has 5 nitrogen and oxygen atoms in total. The van der Waals surface area contributed by atoms with E-state index in [2.05, 4.69) is 24.3 Å². The molecule has 5 heteroatoms. The molecule has 2 atom stereocenters. The molecule has 1 aromatic rings. The van der Waals surface area contributed by atoms with Crippen molar-refractivity contribution in [1.82, 2.24) is 0 Å². The van der Waals surface area contributed by atoms with Gasteiger partial charge in [0.15, 0.2) is 0 Å². The van der Waals surface area contributed by atoms with Gasteiger partial charge >= 0.3 is 0 Å². The van der Waals surface area contributed by atoms with Crippen molar-refractivity contribution in [1.29, 1.82) is 0 Å². The third-order valence-corrected chi connectivity index (χ3v) is 9.99. The van der Waals surface area contributed by atoms with Crippen LogP contribution in [-0.2, 0) is 14.5 Å². The van der Waals surface area contributed by atoms with Crippen molar-refractivity contribution in [3.05, 3.63) is 29.8 Å². The second-order valence-electron chi connectivity index (χ2n) is 12.2. The standard InChI is InChI=1S/C28H39NO4/c29-24-5-9-26(10-6-24)30-25-7-3-20(4-8-25)21-2-1-11-27(17-21)31-28(33-32-27)22-13-18-12-19(15-22)16-23(28)14-18/h3-4,7-8,18-19,21-24,26H,1-2,5-6,9-17,29H2/t18?,19?,21?,22?,23?,24?,26?,27-,28?/m1/s1. The molecule has 6 aliphatic carbocycles. The molecule has 1 heterocycles. The Balaban J connectivity index is 1.03. The van der Waals surface area contributed by atoms with Gasteiger partial charge in [-0.2, -0.15) is 9.78 Å². The summed E-state index contributed by atoms with van der Waals surface area (Å²) in [6.45, 7) is 0. The van der Waals surface area contributed by atoms with E-state index in [9.17, 15) is 0 Å². The first-order valence-corrected chi connectivity index (χ1v) is 13.7. The SMILES string of the molecule is NC1CCC(Oc2ccc(C3CCC[C@]4(C3)OOC3(O4)C4CC5CC(C4)CC3C5)cc2)CC1. The fourth-order valence-corrected chi connectivity index (χ4v) is 8.48. The van der Waals surface area contributed by atoms with Gasteiger partial charge in [-0.15, -0.1) is 0 Å². The van der Waals surface area contributed by atoms with Crippen molar-refractivity contribution in [2.75, 3.05) is 0 Å². The monoisotopic (exact) mass is 453 g/mol. The highest BCUT2D eigenvalue weighted by Crippen LogP contribution is 2.64. The number of ether oxygens (including phenoxy) is 2. The minimum atomic E-state index is -0.561. The molecule has 4 bridgehead atoms. The lowest BCUT2D eigenvalue weighted by Crippen LogP contribution is -2.59. The Bertz CT molecular complexity index is 835. The zero-order chi connectivity index (χ0) is 22.0. The highest BCUT2D eigenvalue weighted by Gasteiger charge is 2.67. The van der Waals surface area contributed by atoms with Crippen LogP contribution in [0.3, 0.4) is 0 Å². The molecule has 33 heavy (non-hydrogen) atoms. The molecule has 180 valence electrons.